The number of methoxy groups -OCH3 is 1. The van der Waals surface area contributed by atoms with Gasteiger partial charge in [-0.15, -0.1) is 11.8 Å². The topological polar surface area (TPSA) is 26.3 Å². The van der Waals surface area contributed by atoms with E-state index < -0.39 is 0 Å². The molecular weight excluding hydrogens is 252 g/mol. The van der Waals surface area contributed by atoms with Gasteiger partial charge in [0.2, 0.25) is 0 Å². The van der Waals surface area contributed by atoms with Crippen molar-refractivity contribution in [1.82, 2.24) is 0 Å². The molecule has 70 valence electrons. The molecule has 0 aromatic heterocycles. The molecule has 0 saturated carbocycles. The Morgan fingerprint density at radius 3 is 2.69 bits per heavy atom. The van der Waals surface area contributed by atoms with Gasteiger partial charge in [0.1, 0.15) is 0 Å². The first-order valence-corrected chi connectivity index (χ1v) is 5.62. The molecule has 0 amide bonds. The van der Waals surface area contributed by atoms with Crippen molar-refractivity contribution >= 4 is 33.7 Å². The molecule has 0 radical (unpaired) electrons. The molecule has 0 atom stereocenters. The van der Waals surface area contributed by atoms with Crippen LogP contribution in [0.4, 0.5) is 0 Å². The molecule has 0 N–H and O–H groups in total. The first kappa shape index (κ1) is 10.6. The maximum atomic E-state index is 11.2. The van der Waals surface area contributed by atoms with Crippen LogP contribution in [0.25, 0.3) is 0 Å². The van der Waals surface area contributed by atoms with Crippen LogP contribution in [0.3, 0.4) is 0 Å². The minimum atomic E-state index is -0.320. The maximum Gasteiger partial charge on any atom is 0.339 e. The number of benzene rings is 1. The van der Waals surface area contributed by atoms with Crippen LogP contribution in [0.2, 0.25) is 0 Å². The summed E-state index contributed by atoms with van der Waals surface area (Å²) in [5, 5.41) is 0. The van der Waals surface area contributed by atoms with E-state index in [4.69, 9.17) is 0 Å². The van der Waals surface area contributed by atoms with Crippen molar-refractivity contribution in [2.45, 2.75) is 4.90 Å². The predicted octanol–water partition coefficient (Wildman–Crippen LogP) is 2.96. The van der Waals surface area contributed by atoms with E-state index in [1.807, 2.05) is 18.4 Å². The molecule has 1 rings (SSSR count). The predicted molar refractivity (Wildman–Crippen MR) is 57.3 cm³/mol. The zero-order chi connectivity index (χ0) is 9.84. The lowest BCUT2D eigenvalue weighted by Gasteiger charge is -2.03. The summed E-state index contributed by atoms with van der Waals surface area (Å²) >= 11 is 4.94. The van der Waals surface area contributed by atoms with Crippen LogP contribution in [-0.4, -0.2) is 19.3 Å². The molecule has 0 aliphatic carbocycles. The van der Waals surface area contributed by atoms with E-state index in [1.54, 1.807) is 17.8 Å². The van der Waals surface area contributed by atoms with Crippen LogP contribution in [0.1, 0.15) is 10.4 Å². The molecule has 0 fully saturated rings. The highest BCUT2D eigenvalue weighted by molar-refractivity contribution is 9.10. The Kier molecular flexibility index (Phi) is 3.81. The second-order valence-corrected chi connectivity index (χ2v) is 4.07. The van der Waals surface area contributed by atoms with Gasteiger partial charge in [-0.2, -0.15) is 0 Å². The molecule has 0 saturated heterocycles. The van der Waals surface area contributed by atoms with Gasteiger partial charge in [-0.1, -0.05) is 0 Å². The van der Waals surface area contributed by atoms with E-state index in [2.05, 4.69) is 20.7 Å². The Balaban J connectivity index is 3.05. The standard InChI is InChI=1S/C9H9BrO2S/c1-12-9(11)7-4-3-6(13-2)5-8(7)10/h3-5H,1-2H3. The summed E-state index contributed by atoms with van der Waals surface area (Å²) in [5.41, 5.74) is 0.556. The van der Waals surface area contributed by atoms with E-state index in [1.165, 1.54) is 7.11 Å². The highest BCUT2D eigenvalue weighted by atomic mass is 79.9. The van der Waals surface area contributed by atoms with Crippen LogP contribution < -0.4 is 0 Å². The molecule has 0 bridgehead atoms. The maximum absolute atomic E-state index is 11.2. The average molecular weight is 261 g/mol. The number of thioether (sulfide) groups is 1. The first-order chi connectivity index (χ1) is 6.19. The number of esters is 1. The van der Waals surface area contributed by atoms with Gasteiger partial charge in [-0.05, 0) is 40.4 Å². The molecule has 2 nitrogen and oxygen atoms in total. The Bertz CT molecular complexity index is 325. The Morgan fingerprint density at radius 1 is 1.54 bits per heavy atom. The van der Waals surface area contributed by atoms with E-state index in [0.717, 1.165) is 9.37 Å². The number of hydrogen-bond donors (Lipinski definition) is 0. The molecule has 0 unspecified atom stereocenters. The molecule has 1 aromatic carbocycles. The fourth-order valence-electron chi connectivity index (χ4n) is 0.898. The molecule has 0 spiro atoms. The van der Waals surface area contributed by atoms with Gasteiger partial charge in [-0.3, -0.25) is 0 Å². The van der Waals surface area contributed by atoms with E-state index >= 15 is 0 Å². The summed E-state index contributed by atoms with van der Waals surface area (Å²) in [4.78, 5) is 12.3. The minimum Gasteiger partial charge on any atom is -0.465 e. The van der Waals surface area contributed by atoms with E-state index in [0.29, 0.717) is 5.56 Å². The molecule has 0 aliphatic rings. The smallest absolute Gasteiger partial charge is 0.339 e. The molecule has 1 aromatic rings. The summed E-state index contributed by atoms with van der Waals surface area (Å²) in [6.45, 7) is 0. The highest BCUT2D eigenvalue weighted by Crippen LogP contribution is 2.24. The number of hydrogen-bond acceptors (Lipinski definition) is 3. The van der Waals surface area contributed by atoms with Crippen LogP contribution in [0, 0.1) is 0 Å². The van der Waals surface area contributed by atoms with E-state index in [9.17, 15) is 4.79 Å². The van der Waals surface area contributed by atoms with E-state index in [-0.39, 0.29) is 5.97 Å². The zero-order valence-electron chi connectivity index (χ0n) is 7.33. The van der Waals surface area contributed by atoms with Gasteiger partial charge in [-0.25, -0.2) is 4.79 Å². The van der Waals surface area contributed by atoms with Crippen molar-refractivity contribution in [3.05, 3.63) is 28.2 Å². The third-order valence-corrected chi connectivity index (χ3v) is 2.96. The van der Waals surface area contributed by atoms with Crippen molar-refractivity contribution in [2.24, 2.45) is 0 Å². The number of carbonyl (C=O) groups excluding carboxylic acids is 1. The summed E-state index contributed by atoms with van der Waals surface area (Å²) in [5.74, 6) is -0.320. The SMILES string of the molecule is COC(=O)c1ccc(SC)cc1Br. The lowest BCUT2D eigenvalue weighted by atomic mass is 10.2. The number of ether oxygens (including phenoxy) is 1. The molecule has 0 aliphatic heterocycles. The molecule has 4 heteroatoms. The summed E-state index contributed by atoms with van der Waals surface area (Å²) in [6.07, 6.45) is 1.99. The van der Waals surface area contributed by atoms with Gasteiger partial charge in [0.05, 0.1) is 12.7 Å². The van der Waals surface area contributed by atoms with Gasteiger partial charge in [0, 0.05) is 9.37 Å². The number of halogens is 1. The van der Waals surface area contributed by atoms with Crippen molar-refractivity contribution in [3.8, 4) is 0 Å². The Morgan fingerprint density at radius 2 is 2.23 bits per heavy atom. The van der Waals surface area contributed by atoms with Gasteiger partial charge < -0.3 is 4.74 Å². The second kappa shape index (κ2) is 4.67. The second-order valence-electron chi connectivity index (χ2n) is 2.34. The van der Waals surface area contributed by atoms with Gasteiger partial charge in [0.15, 0.2) is 0 Å². The molecular formula is C9H9BrO2S. The van der Waals surface area contributed by atoms with Crippen LogP contribution in [0.5, 0.6) is 0 Å². The third kappa shape index (κ3) is 2.48. The van der Waals surface area contributed by atoms with Gasteiger partial charge in [0.25, 0.3) is 0 Å². The van der Waals surface area contributed by atoms with Crippen LogP contribution in [0.15, 0.2) is 27.6 Å². The summed E-state index contributed by atoms with van der Waals surface area (Å²) in [6, 6.07) is 5.54. The average Bonchev–Trinajstić information content (AvgIpc) is 2.16. The quantitative estimate of drug-likeness (QED) is 0.604. The van der Waals surface area contributed by atoms with Crippen molar-refractivity contribution in [1.29, 1.82) is 0 Å². The summed E-state index contributed by atoms with van der Waals surface area (Å²) < 4.78 is 5.38. The van der Waals surface area contributed by atoms with Crippen LogP contribution in [-0.2, 0) is 4.74 Å². The number of rotatable bonds is 2. The minimum absolute atomic E-state index is 0.320. The Hall–Kier alpha value is -0.480. The van der Waals surface area contributed by atoms with Gasteiger partial charge >= 0.3 is 5.97 Å². The lowest BCUT2D eigenvalue weighted by molar-refractivity contribution is 0.0599. The first-order valence-electron chi connectivity index (χ1n) is 3.61. The van der Waals surface area contributed by atoms with Crippen molar-refractivity contribution < 1.29 is 9.53 Å². The fourth-order valence-corrected chi connectivity index (χ4v) is 2.03. The van der Waals surface area contributed by atoms with Crippen molar-refractivity contribution in [2.75, 3.05) is 13.4 Å². The summed E-state index contributed by atoms with van der Waals surface area (Å²) in [7, 11) is 1.37. The third-order valence-electron chi connectivity index (χ3n) is 1.58. The highest BCUT2D eigenvalue weighted by Gasteiger charge is 2.09. The molecule has 0 heterocycles. The fraction of sp³-hybridized carbons (Fsp3) is 0.222. The molecule has 13 heavy (non-hydrogen) atoms. The number of carbonyl (C=O) groups is 1. The lowest BCUT2D eigenvalue weighted by Crippen LogP contribution is -2.01. The van der Waals surface area contributed by atoms with Crippen LogP contribution >= 0.6 is 27.7 Å². The Labute approximate surface area is 89.8 Å². The van der Waals surface area contributed by atoms with Crippen molar-refractivity contribution in [3.63, 3.8) is 0 Å². The zero-order valence-corrected chi connectivity index (χ0v) is 9.74. The monoisotopic (exact) mass is 260 g/mol. The largest absolute Gasteiger partial charge is 0.465 e. The normalized spacial score (nSPS) is 9.77.